The number of allylic oxidation sites excluding steroid dienone is 1. The van der Waals surface area contributed by atoms with Gasteiger partial charge in [-0.3, -0.25) is 9.89 Å². The lowest BCUT2D eigenvalue weighted by Gasteiger charge is -2.24. The number of nitriles is 1. The molecule has 1 aliphatic heterocycles. The van der Waals surface area contributed by atoms with E-state index in [1.807, 2.05) is 51.1 Å². The molecular weight excluding hydrogens is 406 g/mol. The Hall–Kier alpha value is -4.25. The number of aromatic amines is 1. The van der Waals surface area contributed by atoms with E-state index in [1.165, 1.54) is 0 Å². The van der Waals surface area contributed by atoms with Crippen molar-refractivity contribution < 1.29 is 14.3 Å². The fourth-order valence-electron chi connectivity index (χ4n) is 3.74. The van der Waals surface area contributed by atoms with Crippen LogP contribution in [0.5, 0.6) is 11.6 Å². The smallest absolute Gasteiger partial charge is 0.262 e. The van der Waals surface area contributed by atoms with Crippen molar-refractivity contribution in [3.63, 3.8) is 0 Å². The van der Waals surface area contributed by atoms with E-state index in [4.69, 9.17) is 15.2 Å². The maximum Gasteiger partial charge on any atom is 0.262 e. The second-order valence-corrected chi connectivity index (χ2v) is 7.65. The lowest BCUT2D eigenvalue weighted by Crippen LogP contribution is -2.22. The van der Waals surface area contributed by atoms with Gasteiger partial charge < -0.3 is 20.5 Å². The molecule has 0 saturated carbocycles. The Morgan fingerprint density at radius 3 is 2.84 bits per heavy atom. The highest BCUT2D eigenvalue weighted by molar-refractivity contribution is 5.92. The van der Waals surface area contributed by atoms with Gasteiger partial charge in [-0.25, -0.2) is 0 Å². The first-order chi connectivity index (χ1) is 15.4. The summed E-state index contributed by atoms with van der Waals surface area (Å²) in [6.45, 7) is 5.66. The van der Waals surface area contributed by atoms with E-state index >= 15 is 0 Å². The molecule has 162 valence electrons. The molecule has 8 nitrogen and oxygen atoms in total. The van der Waals surface area contributed by atoms with Crippen molar-refractivity contribution in [1.82, 2.24) is 10.2 Å². The highest BCUT2D eigenvalue weighted by Crippen LogP contribution is 2.43. The molecule has 32 heavy (non-hydrogen) atoms. The van der Waals surface area contributed by atoms with Crippen molar-refractivity contribution in [3.8, 4) is 17.7 Å². The number of anilines is 1. The Bertz CT molecular complexity index is 1270. The average molecular weight is 429 g/mol. The van der Waals surface area contributed by atoms with Gasteiger partial charge in [0.25, 0.3) is 5.91 Å². The number of rotatable bonds is 5. The highest BCUT2D eigenvalue weighted by Gasteiger charge is 2.34. The number of aromatic nitrogens is 2. The molecule has 3 aromatic rings. The number of nitrogens with zero attached hydrogens (tertiary/aromatic N) is 2. The lowest BCUT2D eigenvalue weighted by molar-refractivity contribution is -0.118. The highest BCUT2D eigenvalue weighted by atomic mass is 16.5. The largest absolute Gasteiger partial charge is 0.484 e. The van der Waals surface area contributed by atoms with Gasteiger partial charge in [0.1, 0.15) is 17.4 Å². The van der Waals surface area contributed by atoms with Crippen molar-refractivity contribution in [2.24, 2.45) is 5.73 Å². The van der Waals surface area contributed by atoms with E-state index in [1.54, 1.807) is 12.1 Å². The van der Waals surface area contributed by atoms with Crippen LogP contribution in [0.2, 0.25) is 0 Å². The maximum atomic E-state index is 12.4. The number of ether oxygens (including phenoxy) is 2. The number of fused-ring (bicyclic) bond motifs is 1. The first kappa shape index (κ1) is 21.0. The van der Waals surface area contributed by atoms with Crippen LogP contribution in [-0.2, 0) is 4.79 Å². The average Bonchev–Trinajstić information content (AvgIpc) is 3.14. The Morgan fingerprint density at radius 1 is 1.28 bits per heavy atom. The molecule has 0 saturated heterocycles. The van der Waals surface area contributed by atoms with Crippen LogP contribution in [-0.4, -0.2) is 22.7 Å². The predicted octanol–water partition coefficient (Wildman–Crippen LogP) is 3.57. The summed E-state index contributed by atoms with van der Waals surface area (Å²) in [5.41, 5.74) is 11.5. The quantitative estimate of drug-likeness (QED) is 0.569. The van der Waals surface area contributed by atoms with Crippen molar-refractivity contribution in [3.05, 3.63) is 81.9 Å². The van der Waals surface area contributed by atoms with Gasteiger partial charge in [-0.2, -0.15) is 5.26 Å². The van der Waals surface area contributed by atoms with Crippen LogP contribution in [0.1, 0.15) is 33.9 Å². The van der Waals surface area contributed by atoms with E-state index in [0.29, 0.717) is 17.2 Å². The molecule has 4 N–H and O–H groups in total. The second kappa shape index (κ2) is 8.47. The van der Waals surface area contributed by atoms with Crippen LogP contribution in [0.3, 0.4) is 0 Å². The zero-order valence-corrected chi connectivity index (χ0v) is 18.0. The Labute approximate surface area is 185 Å². The Morgan fingerprint density at radius 2 is 2.06 bits per heavy atom. The molecule has 0 aliphatic carbocycles. The third-order valence-electron chi connectivity index (χ3n) is 5.57. The molecule has 1 unspecified atom stereocenters. The maximum absolute atomic E-state index is 12.4. The van der Waals surface area contributed by atoms with Crippen LogP contribution < -0.4 is 20.5 Å². The lowest BCUT2D eigenvalue weighted by atomic mass is 9.84. The molecule has 1 amide bonds. The van der Waals surface area contributed by atoms with Crippen LogP contribution >= 0.6 is 0 Å². The predicted molar refractivity (Wildman–Crippen MR) is 119 cm³/mol. The van der Waals surface area contributed by atoms with Gasteiger partial charge in [0.05, 0.1) is 5.92 Å². The Balaban J connectivity index is 1.54. The molecule has 0 spiro atoms. The number of hydrogen-bond donors (Lipinski definition) is 3. The molecule has 0 bridgehead atoms. The van der Waals surface area contributed by atoms with Gasteiger partial charge in [-0.05, 0) is 55.7 Å². The molecule has 1 aliphatic rings. The third kappa shape index (κ3) is 3.88. The summed E-state index contributed by atoms with van der Waals surface area (Å²) < 4.78 is 11.2. The number of hydrogen-bond acceptors (Lipinski definition) is 6. The zero-order chi connectivity index (χ0) is 22.8. The first-order valence-corrected chi connectivity index (χ1v) is 10.1. The van der Waals surface area contributed by atoms with E-state index in [9.17, 15) is 10.1 Å². The number of carbonyl (C=O) groups is 1. The molecule has 2 aromatic carbocycles. The number of H-pyrrole nitrogens is 1. The monoisotopic (exact) mass is 429 g/mol. The molecule has 4 rings (SSSR count). The fourth-order valence-corrected chi connectivity index (χ4v) is 3.74. The third-order valence-corrected chi connectivity index (χ3v) is 5.57. The minimum atomic E-state index is -0.449. The molecule has 8 heteroatoms. The topological polar surface area (TPSA) is 126 Å². The second-order valence-electron chi connectivity index (χ2n) is 7.65. The van der Waals surface area contributed by atoms with Crippen LogP contribution in [0.4, 0.5) is 5.69 Å². The molecule has 2 heterocycles. The van der Waals surface area contributed by atoms with Crippen LogP contribution in [0.25, 0.3) is 0 Å². The van der Waals surface area contributed by atoms with Gasteiger partial charge in [0.2, 0.25) is 11.8 Å². The minimum Gasteiger partial charge on any atom is -0.484 e. The number of aryl methyl sites for hydroxylation is 2. The van der Waals surface area contributed by atoms with E-state index < -0.39 is 5.92 Å². The Kier molecular flexibility index (Phi) is 5.56. The number of nitrogens with two attached hydrogens (primary N) is 1. The van der Waals surface area contributed by atoms with Crippen LogP contribution in [0, 0.1) is 32.1 Å². The van der Waals surface area contributed by atoms with Gasteiger partial charge in [0, 0.05) is 16.9 Å². The molecular formula is C24H23N5O3. The van der Waals surface area contributed by atoms with Crippen LogP contribution in [0.15, 0.2) is 53.9 Å². The summed E-state index contributed by atoms with van der Waals surface area (Å²) in [5.74, 6) is 0.169. The standard InChI is InChI=1S/C24H23N5O3/c1-13-6-4-9-19(14(13)2)27-20(30)12-31-17-8-5-7-16(10-17)22-18(11-25)23(26)32-24-21(22)15(3)28-29-24/h4-10,22H,12,26H2,1-3H3,(H,27,30)(H,28,29). The molecule has 0 fully saturated rings. The zero-order valence-electron chi connectivity index (χ0n) is 18.0. The summed E-state index contributed by atoms with van der Waals surface area (Å²) in [4.78, 5) is 12.4. The molecule has 1 atom stereocenters. The van der Waals surface area contributed by atoms with E-state index in [2.05, 4.69) is 21.6 Å². The van der Waals surface area contributed by atoms with Crippen molar-refractivity contribution in [2.45, 2.75) is 26.7 Å². The minimum absolute atomic E-state index is 0.0238. The summed E-state index contributed by atoms with van der Waals surface area (Å²) in [5, 5.41) is 19.6. The molecule has 1 aromatic heterocycles. The van der Waals surface area contributed by atoms with Gasteiger partial charge in [0.15, 0.2) is 6.61 Å². The van der Waals surface area contributed by atoms with Gasteiger partial charge in [-0.15, -0.1) is 5.10 Å². The van der Waals surface area contributed by atoms with E-state index in [-0.39, 0.29) is 18.4 Å². The van der Waals surface area contributed by atoms with Crippen molar-refractivity contribution in [1.29, 1.82) is 5.26 Å². The molecule has 0 radical (unpaired) electrons. The summed E-state index contributed by atoms with van der Waals surface area (Å²) in [6.07, 6.45) is 0. The first-order valence-electron chi connectivity index (χ1n) is 10.1. The summed E-state index contributed by atoms with van der Waals surface area (Å²) in [7, 11) is 0. The fraction of sp³-hybridized carbons (Fsp3) is 0.208. The number of carbonyl (C=O) groups excluding carboxylic acids is 1. The number of benzene rings is 2. The summed E-state index contributed by atoms with van der Waals surface area (Å²) >= 11 is 0. The van der Waals surface area contributed by atoms with Crippen molar-refractivity contribution in [2.75, 3.05) is 11.9 Å². The van der Waals surface area contributed by atoms with Gasteiger partial charge in [-0.1, -0.05) is 24.3 Å². The van der Waals surface area contributed by atoms with E-state index in [0.717, 1.165) is 33.6 Å². The number of nitrogens with one attached hydrogen (secondary N) is 2. The number of amides is 1. The SMILES string of the molecule is Cc1cccc(NC(=O)COc2cccc(C3C(C#N)=C(N)Oc4n[nH]c(C)c43)c2)c1C. The normalized spacial score (nSPS) is 14.9. The van der Waals surface area contributed by atoms with Gasteiger partial charge >= 0.3 is 0 Å². The summed E-state index contributed by atoms with van der Waals surface area (Å²) in [6, 6.07) is 15.1. The van der Waals surface area contributed by atoms with Crippen molar-refractivity contribution >= 4 is 11.6 Å².